The minimum Gasteiger partial charge on any atom is -0.338 e. The maximum absolute atomic E-state index is 12.8. The van der Waals surface area contributed by atoms with Gasteiger partial charge >= 0.3 is 6.03 Å². The summed E-state index contributed by atoms with van der Waals surface area (Å²) in [6.07, 6.45) is 8.95. The van der Waals surface area contributed by atoms with Crippen molar-refractivity contribution in [3.05, 3.63) is 65.5 Å². The molecule has 4 nitrogen and oxygen atoms in total. The van der Waals surface area contributed by atoms with E-state index in [4.69, 9.17) is 0 Å². The van der Waals surface area contributed by atoms with Gasteiger partial charge in [-0.1, -0.05) is 37.1 Å². The van der Waals surface area contributed by atoms with Crippen molar-refractivity contribution in [1.29, 1.82) is 0 Å². The molecule has 0 bridgehead atoms. The summed E-state index contributed by atoms with van der Waals surface area (Å²) in [6, 6.07) is 12.6. The van der Waals surface area contributed by atoms with E-state index in [2.05, 4.69) is 35.4 Å². The Hall–Kier alpha value is -2.36. The van der Waals surface area contributed by atoms with Crippen LogP contribution in [0.4, 0.5) is 4.79 Å². The second-order valence-electron chi connectivity index (χ2n) is 6.75. The van der Waals surface area contributed by atoms with E-state index in [1.807, 2.05) is 35.5 Å². The highest BCUT2D eigenvalue weighted by molar-refractivity contribution is 5.74. The number of hydrogen-bond acceptors (Lipinski definition) is 2. The van der Waals surface area contributed by atoms with Crippen LogP contribution in [0.5, 0.6) is 0 Å². The third kappa shape index (κ3) is 4.59. The smallest absolute Gasteiger partial charge is 0.317 e. The third-order valence-electron chi connectivity index (χ3n) is 5.04. The van der Waals surface area contributed by atoms with Crippen LogP contribution in [0.25, 0.3) is 0 Å². The number of urea groups is 1. The summed E-state index contributed by atoms with van der Waals surface area (Å²) in [6.45, 7) is 3.61. The van der Waals surface area contributed by atoms with Crippen molar-refractivity contribution in [1.82, 2.24) is 15.2 Å². The van der Waals surface area contributed by atoms with Gasteiger partial charge in [0.05, 0.1) is 6.04 Å². The van der Waals surface area contributed by atoms with E-state index in [-0.39, 0.29) is 12.1 Å². The highest BCUT2D eigenvalue weighted by Crippen LogP contribution is 2.29. The highest BCUT2D eigenvalue weighted by atomic mass is 16.2. The van der Waals surface area contributed by atoms with Crippen LogP contribution >= 0.6 is 0 Å². The number of carbonyl (C=O) groups is 1. The van der Waals surface area contributed by atoms with Crippen molar-refractivity contribution >= 4 is 6.03 Å². The number of nitrogens with one attached hydrogen (secondary N) is 1. The lowest BCUT2D eigenvalue weighted by Crippen LogP contribution is -2.42. The molecule has 0 unspecified atom stereocenters. The molecule has 0 saturated carbocycles. The second kappa shape index (κ2) is 8.65. The largest absolute Gasteiger partial charge is 0.338 e. The average molecular weight is 337 g/mol. The fraction of sp³-hybridized carbons (Fsp3) is 0.429. The number of amides is 2. The third-order valence-corrected chi connectivity index (χ3v) is 5.04. The normalized spacial score (nSPS) is 17.8. The van der Waals surface area contributed by atoms with E-state index in [0.717, 1.165) is 25.8 Å². The lowest BCUT2D eigenvalue weighted by atomic mass is 10.0. The standard InChI is InChI=1S/C21H27N3O/c1-17-7-4-5-8-18(17)12-15-23-21(25)24-16-6-2-3-9-20(24)19-10-13-22-14-11-19/h4-5,7-8,10-11,13-14,20H,2-3,6,9,12,15-16H2,1H3,(H,23,25)/t20-/m0/s1. The summed E-state index contributed by atoms with van der Waals surface area (Å²) in [5.74, 6) is 0. The summed E-state index contributed by atoms with van der Waals surface area (Å²) < 4.78 is 0. The van der Waals surface area contributed by atoms with Crippen LogP contribution in [-0.4, -0.2) is 29.0 Å². The minimum atomic E-state index is 0.0531. The van der Waals surface area contributed by atoms with Gasteiger partial charge in [0.15, 0.2) is 0 Å². The molecule has 1 N–H and O–H groups in total. The van der Waals surface area contributed by atoms with E-state index >= 15 is 0 Å². The number of benzene rings is 1. The van der Waals surface area contributed by atoms with Crippen LogP contribution < -0.4 is 5.32 Å². The molecular formula is C21H27N3O. The number of aryl methyl sites for hydroxylation is 1. The van der Waals surface area contributed by atoms with Crippen molar-refractivity contribution in [3.8, 4) is 0 Å². The van der Waals surface area contributed by atoms with Crippen LogP contribution in [0.2, 0.25) is 0 Å². The van der Waals surface area contributed by atoms with Crippen molar-refractivity contribution in [3.63, 3.8) is 0 Å². The molecule has 0 spiro atoms. The Morgan fingerprint density at radius 1 is 1.16 bits per heavy atom. The molecule has 1 aromatic heterocycles. The van der Waals surface area contributed by atoms with E-state index in [0.29, 0.717) is 6.54 Å². The van der Waals surface area contributed by atoms with Gasteiger partial charge in [0.2, 0.25) is 0 Å². The Labute approximate surface area is 150 Å². The molecule has 1 saturated heterocycles. The van der Waals surface area contributed by atoms with Gasteiger partial charge in [-0.3, -0.25) is 4.98 Å². The molecule has 1 atom stereocenters. The number of carbonyl (C=O) groups excluding carboxylic acids is 1. The lowest BCUT2D eigenvalue weighted by molar-refractivity contribution is 0.176. The van der Waals surface area contributed by atoms with E-state index < -0.39 is 0 Å². The fourth-order valence-corrected chi connectivity index (χ4v) is 3.58. The number of aromatic nitrogens is 1. The first-order valence-electron chi connectivity index (χ1n) is 9.24. The Balaban J connectivity index is 1.63. The topological polar surface area (TPSA) is 45.2 Å². The first kappa shape index (κ1) is 17.5. The average Bonchev–Trinajstić information content (AvgIpc) is 2.90. The summed E-state index contributed by atoms with van der Waals surface area (Å²) in [5.41, 5.74) is 3.76. The lowest BCUT2D eigenvalue weighted by Gasteiger charge is -2.30. The zero-order valence-corrected chi connectivity index (χ0v) is 14.9. The molecule has 1 fully saturated rings. The van der Waals surface area contributed by atoms with Crippen molar-refractivity contribution < 1.29 is 4.79 Å². The zero-order valence-electron chi connectivity index (χ0n) is 14.9. The summed E-state index contributed by atoms with van der Waals surface area (Å²) in [4.78, 5) is 18.9. The SMILES string of the molecule is Cc1ccccc1CCNC(=O)N1CCCCC[C@H]1c1ccncc1. The van der Waals surface area contributed by atoms with Gasteiger partial charge in [-0.05, 0) is 55.0 Å². The first-order valence-corrected chi connectivity index (χ1v) is 9.24. The maximum Gasteiger partial charge on any atom is 0.317 e. The molecule has 2 heterocycles. The molecule has 2 aromatic rings. The Morgan fingerprint density at radius 3 is 2.76 bits per heavy atom. The summed E-state index contributed by atoms with van der Waals surface area (Å²) in [7, 11) is 0. The van der Waals surface area contributed by atoms with Gasteiger partial charge in [0.25, 0.3) is 0 Å². The molecular weight excluding hydrogens is 310 g/mol. The molecule has 4 heteroatoms. The van der Waals surface area contributed by atoms with Gasteiger partial charge in [0, 0.05) is 25.5 Å². The Morgan fingerprint density at radius 2 is 1.96 bits per heavy atom. The van der Waals surface area contributed by atoms with Crippen molar-refractivity contribution in [2.45, 2.75) is 45.1 Å². The van der Waals surface area contributed by atoms with Gasteiger partial charge in [-0.2, -0.15) is 0 Å². The molecule has 0 aliphatic carbocycles. The van der Waals surface area contributed by atoms with E-state index in [1.165, 1.54) is 29.5 Å². The Kier molecular flexibility index (Phi) is 6.04. The number of nitrogens with zero attached hydrogens (tertiary/aromatic N) is 2. The molecule has 1 aliphatic heterocycles. The number of likely N-dealkylation sites (tertiary alicyclic amines) is 1. The zero-order chi connectivity index (χ0) is 17.5. The predicted octanol–water partition coefficient (Wildman–Crippen LogP) is 4.26. The highest BCUT2D eigenvalue weighted by Gasteiger charge is 2.26. The predicted molar refractivity (Wildman–Crippen MR) is 100 cm³/mol. The van der Waals surface area contributed by atoms with Crippen LogP contribution in [0.1, 0.15) is 48.4 Å². The molecule has 0 radical (unpaired) electrons. The van der Waals surface area contributed by atoms with Crippen molar-refractivity contribution in [2.24, 2.45) is 0 Å². The van der Waals surface area contributed by atoms with Crippen LogP contribution in [0.15, 0.2) is 48.8 Å². The molecule has 1 aromatic carbocycles. The van der Waals surface area contributed by atoms with Crippen LogP contribution in [0, 0.1) is 6.92 Å². The maximum atomic E-state index is 12.8. The second-order valence-corrected chi connectivity index (χ2v) is 6.75. The molecule has 1 aliphatic rings. The van der Waals surface area contributed by atoms with Crippen LogP contribution in [0.3, 0.4) is 0 Å². The first-order chi connectivity index (χ1) is 12.3. The van der Waals surface area contributed by atoms with E-state index in [9.17, 15) is 4.79 Å². The number of rotatable bonds is 4. The van der Waals surface area contributed by atoms with Gasteiger partial charge < -0.3 is 10.2 Å². The molecule has 25 heavy (non-hydrogen) atoms. The molecule has 2 amide bonds. The van der Waals surface area contributed by atoms with Gasteiger partial charge in [0.1, 0.15) is 0 Å². The van der Waals surface area contributed by atoms with Gasteiger partial charge in [-0.25, -0.2) is 4.79 Å². The quantitative estimate of drug-likeness (QED) is 0.906. The van der Waals surface area contributed by atoms with E-state index in [1.54, 1.807) is 0 Å². The number of hydrogen-bond donors (Lipinski definition) is 1. The summed E-state index contributed by atoms with van der Waals surface area (Å²) in [5, 5.41) is 3.13. The fourth-order valence-electron chi connectivity index (χ4n) is 3.58. The Bertz CT molecular complexity index is 687. The van der Waals surface area contributed by atoms with Gasteiger partial charge in [-0.15, -0.1) is 0 Å². The molecule has 3 rings (SSSR count). The number of pyridine rings is 1. The molecule has 132 valence electrons. The van der Waals surface area contributed by atoms with Crippen LogP contribution in [-0.2, 0) is 6.42 Å². The minimum absolute atomic E-state index is 0.0531. The monoisotopic (exact) mass is 337 g/mol. The summed E-state index contributed by atoms with van der Waals surface area (Å²) >= 11 is 0. The van der Waals surface area contributed by atoms with Crippen molar-refractivity contribution in [2.75, 3.05) is 13.1 Å².